The molecule has 0 saturated carbocycles. The third kappa shape index (κ3) is 7.06. The maximum absolute atomic E-state index is 15.0. The Morgan fingerprint density at radius 1 is 1.23 bits per heavy atom. The SMILES string of the molecule is Cc1c(OC2CCN(Cc3ccccc3)CC2)cc(F)c(S(=O)(=O)Cc2cscn2)c1F.O=CO. The predicted octanol–water partition coefficient (Wildman–Crippen LogP) is 4.45. The highest BCUT2D eigenvalue weighted by atomic mass is 32.2. The van der Waals surface area contributed by atoms with Gasteiger partial charge in [-0.15, -0.1) is 11.3 Å². The van der Waals surface area contributed by atoms with Gasteiger partial charge in [-0.3, -0.25) is 9.69 Å². The highest BCUT2D eigenvalue weighted by Gasteiger charge is 2.30. The van der Waals surface area contributed by atoms with Gasteiger partial charge in [0.2, 0.25) is 0 Å². The van der Waals surface area contributed by atoms with Crippen molar-refractivity contribution in [1.82, 2.24) is 9.88 Å². The summed E-state index contributed by atoms with van der Waals surface area (Å²) in [6, 6.07) is 11.2. The van der Waals surface area contributed by atoms with Crippen LogP contribution < -0.4 is 4.74 Å². The molecule has 1 N–H and O–H groups in total. The number of thiazole rings is 1. The molecule has 0 spiro atoms. The highest BCUT2D eigenvalue weighted by Crippen LogP contribution is 2.33. The number of carbonyl (C=O) groups is 1. The zero-order chi connectivity index (χ0) is 25.4. The summed E-state index contributed by atoms with van der Waals surface area (Å²) in [5.74, 6) is -2.74. The number of benzene rings is 2. The van der Waals surface area contributed by atoms with E-state index >= 15 is 0 Å². The molecular formula is C24H26F2N2O5S2. The summed E-state index contributed by atoms with van der Waals surface area (Å²) in [7, 11) is -4.22. The van der Waals surface area contributed by atoms with Crippen LogP contribution in [0.25, 0.3) is 0 Å². The summed E-state index contributed by atoms with van der Waals surface area (Å²) in [6.45, 7) is 3.63. The Hall–Kier alpha value is -2.89. The van der Waals surface area contributed by atoms with E-state index in [9.17, 15) is 17.2 Å². The molecule has 0 bridgehead atoms. The van der Waals surface area contributed by atoms with Crippen LogP contribution in [0.3, 0.4) is 0 Å². The Morgan fingerprint density at radius 2 is 1.89 bits per heavy atom. The number of piperidine rings is 1. The van der Waals surface area contributed by atoms with E-state index in [2.05, 4.69) is 22.0 Å². The molecule has 0 unspecified atom stereocenters. The lowest BCUT2D eigenvalue weighted by Crippen LogP contribution is -2.37. The van der Waals surface area contributed by atoms with Crippen LogP contribution in [0, 0.1) is 18.6 Å². The Balaban J connectivity index is 0.00000108. The monoisotopic (exact) mass is 524 g/mol. The molecule has 0 amide bonds. The second-order valence-corrected chi connectivity index (χ2v) is 10.7. The van der Waals surface area contributed by atoms with E-state index < -0.39 is 32.1 Å². The number of rotatable bonds is 7. The first-order valence-electron chi connectivity index (χ1n) is 10.8. The van der Waals surface area contributed by atoms with Gasteiger partial charge in [0, 0.05) is 36.6 Å². The average Bonchev–Trinajstić information content (AvgIpc) is 3.32. The number of hydrogen-bond donors (Lipinski definition) is 1. The van der Waals surface area contributed by atoms with Crippen LogP contribution in [0.5, 0.6) is 5.75 Å². The van der Waals surface area contributed by atoms with Crippen molar-refractivity contribution in [1.29, 1.82) is 0 Å². The minimum atomic E-state index is -4.22. The summed E-state index contributed by atoms with van der Waals surface area (Å²) in [6.07, 6.45) is 1.26. The summed E-state index contributed by atoms with van der Waals surface area (Å²) >= 11 is 1.22. The molecule has 1 saturated heterocycles. The summed E-state index contributed by atoms with van der Waals surface area (Å²) in [5, 5.41) is 8.43. The fourth-order valence-corrected chi connectivity index (χ4v) is 6.00. The van der Waals surface area contributed by atoms with Crippen LogP contribution in [0.15, 0.2) is 52.2 Å². The molecule has 11 heteroatoms. The standard InChI is InChI=1S/C23H24F2N2O3S2.CH2O2/c1-16-21(30-19-7-9-27(10-8-19)12-17-5-3-2-4-6-17)11-20(24)23(22(16)25)32(28,29)14-18-13-31-15-26-18;2-1-3/h2-6,11,13,15,19H,7-10,12,14H2,1H3;1H,(H,2,3). The third-order valence-corrected chi connectivity index (χ3v) is 7.89. The molecule has 1 fully saturated rings. The molecule has 2 heterocycles. The Morgan fingerprint density at radius 3 is 2.49 bits per heavy atom. The number of likely N-dealkylation sites (tertiary alicyclic amines) is 1. The molecule has 1 aliphatic heterocycles. The van der Waals surface area contributed by atoms with E-state index in [4.69, 9.17) is 14.6 Å². The van der Waals surface area contributed by atoms with Crippen molar-refractivity contribution in [2.24, 2.45) is 0 Å². The normalized spacial score (nSPS) is 14.7. The third-order valence-electron chi connectivity index (χ3n) is 5.58. The number of sulfone groups is 1. The van der Waals surface area contributed by atoms with Crippen LogP contribution in [-0.4, -0.2) is 49.1 Å². The van der Waals surface area contributed by atoms with Gasteiger partial charge in [0.15, 0.2) is 15.7 Å². The van der Waals surface area contributed by atoms with E-state index in [0.29, 0.717) is 0 Å². The fourth-order valence-electron chi connectivity index (χ4n) is 3.86. The van der Waals surface area contributed by atoms with Gasteiger partial charge >= 0.3 is 0 Å². The number of hydrogen-bond acceptors (Lipinski definition) is 7. The van der Waals surface area contributed by atoms with E-state index in [1.807, 2.05) is 18.2 Å². The lowest BCUT2D eigenvalue weighted by atomic mass is 10.1. The van der Waals surface area contributed by atoms with Gasteiger partial charge < -0.3 is 9.84 Å². The van der Waals surface area contributed by atoms with Crippen LogP contribution >= 0.6 is 11.3 Å². The first kappa shape index (κ1) is 26.7. The van der Waals surface area contributed by atoms with E-state index in [-0.39, 0.29) is 29.6 Å². The number of ether oxygens (including phenoxy) is 1. The second kappa shape index (κ2) is 12.2. The van der Waals surface area contributed by atoms with Gasteiger partial charge in [-0.05, 0) is 25.3 Å². The summed E-state index contributed by atoms with van der Waals surface area (Å²) < 4.78 is 60.9. The first-order chi connectivity index (χ1) is 16.7. The van der Waals surface area contributed by atoms with Crippen LogP contribution in [0.1, 0.15) is 29.7 Å². The van der Waals surface area contributed by atoms with Gasteiger partial charge in [0.25, 0.3) is 6.47 Å². The van der Waals surface area contributed by atoms with Gasteiger partial charge in [-0.1, -0.05) is 30.3 Å². The van der Waals surface area contributed by atoms with Crippen molar-refractivity contribution in [2.75, 3.05) is 13.1 Å². The summed E-state index contributed by atoms with van der Waals surface area (Å²) in [4.78, 5) is 13.7. The van der Waals surface area contributed by atoms with E-state index in [0.717, 1.165) is 38.5 Å². The number of nitrogens with zero attached hydrogens (tertiary/aromatic N) is 2. The molecule has 7 nitrogen and oxygen atoms in total. The lowest BCUT2D eigenvalue weighted by Gasteiger charge is -2.32. The number of aromatic nitrogens is 1. The Labute approximate surface area is 206 Å². The van der Waals surface area contributed by atoms with Crippen molar-refractivity contribution < 1.29 is 31.8 Å². The quantitative estimate of drug-likeness (QED) is 0.456. The van der Waals surface area contributed by atoms with Crippen molar-refractivity contribution in [3.8, 4) is 5.75 Å². The minimum Gasteiger partial charge on any atom is -0.490 e. The summed E-state index contributed by atoms with van der Waals surface area (Å²) in [5.41, 5.74) is 2.97. The molecule has 0 atom stereocenters. The zero-order valence-electron chi connectivity index (χ0n) is 19.1. The van der Waals surface area contributed by atoms with Crippen LogP contribution in [-0.2, 0) is 26.9 Å². The van der Waals surface area contributed by atoms with Gasteiger partial charge in [-0.2, -0.15) is 0 Å². The van der Waals surface area contributed by atoms with Gasteiger partial charge in [0.1, 0.15) is 22.6 Å². The largest absolute Gasteiger partial charge is 0.490 e. The number of halogens is 2. The van der Waals surface area contributed by atoms with Gasteiger partial charge in [0.05, 0.1) is 17.0 Å². The molecule has 1 aliphatic rings. The second-order valence-electron chi connectivity index (χ2n) is 8.05. The van der Waals surface area contributed by atoms with Crippen molar-refractivity contribution in [2.45, 2.75) is 43.1 Å². The predicted molar refractivity (Wildman–Crippen MR) is 128 cm³/mol. The molecule has 2 aromatic carbocycles. The topological polar surface area (TPSA) is 96.8 Å². The molecule has 35 heavy (non-hydrogen) atoms. The zero-order valence-corrected chi connectivity index (χ0v) is 20.7. The first-order valence-corrected chi connectivity index (χ1v) is 13.4. The highest BCUT2D eigenvalue weighted by molar-refractivity contribution is 7.90. The maximum Gasteiger partial charge on any atom is 0.290 e. The maximum atomic E-state index is 15.0. The van der Waals surface area contributed by atoms with Crippen molar-refractivity contribution in [3.63, 3.8) is 0 Å². The molecule has 0 aliphatic carbocycles. The number of carboxylic acid groups (broad SMARTS) is 1. The van der Waals surface area contributed by atoms with E-state index in [1.54, 1.807) is 5.38 Å². The minimum absolute atomic E-state index is 0.00466. The van der Waals surface area contributed by atoms with Crippen molar-refractivity contribution >= 4 is 27.6 Å². The molecule has 3 aromatic rings. The van der Waals surface area contributed by atoms with Gasteiger partial charge in [-0.25, -0.2) is 22.2 Å². The molecular weight excluding hydrogens is 498 g/mol. The van der Waals surface area contributed by atoms with E-state index in [1.165, 1.54) is 29.3 Å². The van der Waals surface area contributed by atoms with Crippen LogP contribution in [0.2, 0.25) is 0 Å². The molecule has 1 aromatic heterocycles. The van der Waals surface area contributed by atoms with Crippen molar-refractivity contribution in [3.05, 3.63) is 75.7 Å². The Bertz CT molecular complexity index is 1210. The molecule has 4 rings (SSSR count). The smallest absolute Gasteiger partial charge is 0.290 e. The lowest BCUT2D eigenvalue weighted by molar-refractivity contribution is -0.122. The molecule has 0 radical (unpaired) electrons. The average molecular weight is 525 g/mol. The molecule has 188 valence electrons. The Kier molecular flexibility index (Phi) is 9.30. The van der Waals surface area contributed by atoms with Crippen LogP contribution in [0.4, 0.5) is 8.78 Å². The fraction of sp³-hybridized carbons (Fsp3) is 0.333.